The molecule has 2 unspecified atom stereocenters. The van der Waals surface area contributed by atoms with Crippen molar-refractivity contribution in [3.63, 3.8) is 0 Å². The van der Waals surface area contributed by atoms with E-state index in [1.165, 1.54) is 25.5 Å². The summed E-state index contributed by atoms with van der Waals surface area (Å²) in [6.45, 7) is 11.0. The van der Waals surface area contributed by atoms with Crippen LogP contribution in [0.4, 0.5) is 10.2 Å². The van der Waals surface area contributed by atoms with Crippen LogP contribution < -0.4 is 15.5 Å². The van der Waals surface area contributed by atoms with Gasteiger partial charge in [0.1, 0.15) is 0 Å². The van der Waals surface area contributed by atoms with Crippen molar-refractivity contribution in [2.75, 3.05) is 50.7 Å². The molecule has 2 fully saturated rings. The molecule has 0 bridgehead atoms. The fourth-order valence-electron chi connectivity index (χ4n) is 4.00. The fourth-order valence-corrected chi connectivity index (χ4v) is 4.00. The van der Waals surface area contributed by atoms with E-state index in [4.69, 9.17) is 4.99 Å². The summed E-state index contributed by atoms with van der Waals surface area (Å²) in [5.41, 5.74) is 0. The number of piperidine rings is 1. The predicted molar refractivity (Wildman–Crippen MR) is 109 cm³/mol. The molecule has 2 saturated heterocycles. The van der Waals surface area contributed by atoms with Gasteiger partial charge in [0.2, 0.25) is 0 Å². The number of pyridine rings is 1. The first-order valence-electron chi connectivity index (χ1n) is 10.3. The lowest BCUT2D eigenvalue weighted by Gasteiger charge is -2.31. The molecule has 0 aliphatic carbocycles. The summed E-state index contributed by atoms with van der Waals surface area (Å²) in [6, 6.07) is 3.35. The number of guanidine groups is 1. The van der Waals surface area contributed by atoms with Crippen LogP contribution in [0.2, 0.25) is 0 Å². The van der Waals surface area contributed by atoms with Crippen LogP contribution in [-0.2, 0) is 0 Å². The predicted octanol–water partition coefficient (Wildman–Crippen LogP) is 2.09. The third-order valence-corrected chi connectivity index (χ3v) is 5.47. The van der Waals surface area contributed by atoms with Crippen molar-refractivity contribution >= 4 is 11.8 Å². The van der Waals surface area contributed by atoms with Crippen LogP contribution in [0.15, 0.2) is 23.3 Å². The number of nitrogens with zero attached hydrogens (tertiary/aromatic N) is 4. The summed E-state index contributed by atoms with van der Waals surface area (Å²) < 4.78 is 14.0. The van der Waals surface area contributed by atoms with Gasteiger partial charge in [-0.25, -0.2) is 9.37 Å². The van der Waals surface area contributed by atoms with Crippen molar-refractivity contribution in [3.8, 4) is 0 Å². The van der Waals surface area contributed by atoms with Crippen LogP contribution >= 0.6 is 0 Å². The molecule has 0 radical (unpaired) electrons. The van der Waals surface area contributed by atoms with Gasteiger partial charge < -0.3 is 20.4 Å². The average Bonchev–Trinajstić information content (AvgIpc) is 3.15. The molecule has 0 amide bonds. The maximum atomic E-state index is 14.0. The van der Waals surface area contributed by atoms with Crippen LogP contribution in [0.3, 0.4) is 0 Å². The van der Waals surface area contributed by atoms with Gasteiger partial charge >= 0.3 is 0 Å². The van der Waals surface area contributed by atoms with E-state index in [0.717, 1.165) is 51.6 Å². The smallest absolute Gasteiger partial charge is 0.191 e. The highest BCUT2D eigenvalue weighted by Gasteiger charge is 2.26. The van der Waals surface area contributed by atoms with E-state index in [0.29, 0.717) is 11.7 Å². The van der Waals surface area contributed by atoms with Gasteiger partial charge in [-0.3, -0.25) is 4.99 Å². The molecule has 0 aromatic carbocycles. The van der Waals surface area contributed by atoms with Gasteiger partial charge in [0, 0.05) is 45.0 Å². The topological polar surface area (TPSA) is 55.8 Å². The van der Waals surface area contributed by atoms with Gasteiger partial charge in [-0.2, -0.15) is 0 Å². The van der Waals surface area contributed by atoms with Crippen molar-refractivity contribution in [1.82, 2.24) is 20.5 Å². The first kappa shape index (κ1) is 19.9. The maximum Gasteiger partial charge on any atom is 0.191 e. The second-order valence-corrected chi connectivity index (χ2v) is 7.51. The molecule has 3 heterocycles. The minimum absolute atomic E-state index is 0.253. The first-order valence-corrected chi connectivity index (χ1v) is 10.3. The molecule has 0 spiro atoms. The van der Waals surface area contributed by atoms with Gasteiger partial charge in [-0.05, 0) is 57.3 Å². The molecule has 3 rings (SSSR count). The van der Waals surface area contributed by atoms with Gasteiger partial charge in [-0.1, -0.05) is 6.92 Å². The summed E-state index contributed by atoms with van der Waals surface area (Å²) in [7, 11) is 0. The van der Waals surface area contributed by atoms with Crippen molar-refractivity contribution in [2.24, 2.45) is 10.9 Å². The Labute approximate surface area is 162 Å². The summed E-state index contributed by atoms with van der Waals surface area (Å²) >= 11 is 0. The SMILES string of the molecule is CCNC(=NCC1CCCN(CC)C1)NC1CCN(c2ncccc2F)C1. The van der Waals surface area contributed by atoms with Crippen molar-refractivity contribution in [2.45, 2.75) is 39.2 Å². The summed E-state index contributed by atoms with van der Waals surface area (Å²) in [6.07, 6.45) is 5.13. The Bertz CT molecular complexity index is 622. The molecule has 27 heavy (non-hydrogen) atoms. The highest BCUT2D eigenvalue weighted by atomic mass is 19.1. The molecule has 2 atom stereocenters. The average molecular weight is 377 g/mol. The molecule has 1 aromatic rings. The van der Waals surface area contributed by atoms with Gasteiger partial charge in [0.05, 0.1) is 0 Å². The number of hydrogen-bond donors (Lipinski definition) is 2. The van der Waals surface area contributed by atoms with Crippen molar-refractivity contribution in [3.05, 3.63) is 24.1 Å². The molecular weight excluding hydrogens is 343 g/mol. The normalized spacial score (nSPS) is 24.3. The van der Waals surface area contributed by atoms with Gasteiger partial charge in [0.15, 0.2) is 17.6 Å². The van der Waals surface area contributed by atoms with Crippen LogP contribution in [-0.4, -0.2) is 67.7 Å². The Morgan fingerprint density at radius 2 is 2.19 bits per heavy atom. The van der Waals surface area contributed by atoms with E-state index in [2.05, 4.69) is 34.4 Å². The zero-order valence-corrected chi connectivity index (χ0v) is 16.6. The quantitative estimate of drug-likeness (QED) is 0.588. The molecular formula is C20H33FN6. The van der Waals surface area contributed by atoms with Gasteiger partial charge in [-0.15, -0.1) is 0 Å². The van der Waals surface area contributed by atoms with Crippen LogP contribution in [0.5, 0.6) is 0 Å². The standard InChI is InChI=1S/C20H33FN6/c1-3-22-20(24-13-16-7-6-11-26(4-2)14-16)25-17-9-12-27(15-17)19-18(21)8-5-10-23-19/h5,8,10,16-17H,3-4,6-7,9,11-15H2,1-2H3,(H2,22,24,25). The lowest BCUT2D eigenvalue weighted by molar-refractivity contribution is 0.186. The Morgan fingerprint density at radius 3 is 2.96 bits per heavy atom. The van der Waals surface area contributed by atoms with E-state index in [1.807, 2.05) is 4.90 Å². The number of anilines is 1. The largest absolute Gasteiger partial charge is 0.357 e. The second-order valence-electron chi connectivity index (χ2n) is 7.51. The second kappa shape index (κ2) is 9.88. The minimum atomic E-state index is -0.253. The molecule has 7 heteroatoms. The molecule has 2 N–H and O–H groups in total. The highest BCUT2D eigenvalue weighted by molar-refractivity contribution is 5.80. The van der Waals surface area contributed by atoms with Crippen LogP contribution in [0.1, 0.15) is 33.1 Å². The van der Waals surface area contributed by atoms with Crippen LogP contribution in [0.25, 0.3) is 0 Å². The molecule has 2 aliphatic rings. The Balaban J connectivity index is 1.54. The Kier molecular flexibility index (Phi) is 7.26. The van der Waals surface area contributed by atoms with Crippen LogP contribution in [0, 0.1) is 11.7 Å². The monoisotopic (exact) mass is 376 g/mol. The Morgan fingerprint density at radius 1 is 1.30 bits per heavy atom. The number of rotatable bonds is 6. The van der Waals surface area contributed by atoms with E-state index >= 15 is 0 Å². The molecule has 150 valence electrons. The maximum absolute atomic E-state index is 14.0. The third kappa shape index (κ3) is 5.54. The fraction of sp³-hybridized carbons (Fsp3) is 0.700. The molecule has 6 nitrogen and oxygen atoms in total. The lowest BCUT2D eigenvalue weighted by Crippen LogP contribution is -2.45. The third-order valence-electron chi connectivity index (χ3n) is 5.47. The lowest BCUT2D eigenvalue weighted by atomic mass is 9.98. The number of aromatic nitrogens is 1. The van der Waals surface area contributed by atoms with Crippen molar-refractivity contribution < 1.29 is 4.39 Å². The molecule has 1 aromatic heterocycles. The number of halogens is 1. The molecule has 0 saturated carbocycles. The van der Waals surface area contributed by atoms with E-state index in [9.17, 15) is 4.39 Å². The number of likely N-dealkylation sites (tertiary alicyclic amines) is 1. The number of nitrogens with one attached hydrogen (secondary N) is 2. The zero-order chi connectivity index (χ0) is 19.1. The zero-order valence-electron chi connectivity index (χ0n) is 16.6. The minimum Gasteiger partial charge on any atom is -0.357 e. The number of aliphatic imine (C=N–C) groups is 1. The summed E-state index contributed by atoms with van der Waals surface area (Å²) in [5.74, 6) is 1.71. The van der Waals surface area contributed by atoms with Gasteiger partial charge in [0.25, 0.3) is 0 Å². The summed E-state index contributed by atoms with van der Waals surface area (Å²) in [4.78, 5) is 13.6. The van der Waals surface area contributed by atoms with Crippen molar-refractivity contribution in [1.29, 1.82) is 0 Å². The molecule has 2 aliphatic heterocycles. The Hall–Kier alpha value is -1.89. The first-order chi connectivity index (χ1) is 13.2. The van der Waals surface area contributed by atoms with E-state index < -0.39 is 0 Å². The summed E-state index contributed by atoms with van der Waals surface area (Å²) in [5, 5.41) is 6.89. The van der Waals surface area contributed by atoms with E-state index in [-0.39, 0.29) is 11.9 Å². The highest BCUT2D eigenvalue weighted by Crippen LogP contribution is 2.21. The number of hydrogen-bond acceptors (Lipinski definition) is 4. The van der Waals surface area contributed by atoms with E-state index in [1.54, 1.807) is 12.3 Å².